The Morgan fingerprint density at radius 3 is 2.50 bits per heavy atom. The van der Waals surface area contributed by atoms with Crippen LogP contribution in [0.15, 0.2) is 47.4 Å². The molecule has 1 N–H and O–H groups in total. The molecule has 1 saturated heterocycles. The molecule has 0 aromatic heterocycles. The van der Waals surface area contributed by atoms with Crippen molar-refractivity contribution in [2.75, 3.05) is 12.4 Å². The van der Waals surface area contributed by atoms with E-state index >= 15 is 0 Å². The van der Waals surface area contributed by atoms with E-state index in [0.29, 0.717) is 20.8 Å². The number of sulfonamides is 1. The molecule has 2 aromatic rings. The first kappa shape index (κ1) is 20.2. The third kappa shape index (κ3) is 3.83. The number of hydrogen-bond acceptors (Lipinski definition) is 5. The van der Waals surface area contributed by atoms with E-state index in [9.17, 15) is 18.0 Å². The zero-order valence-electron chi connectivity index (χ0n) is 15.3. The Balaban J connectivity index is 1.86. The lowest BCUT2D eigenvalue weighted by atomic mass is 10.2. The van der Waals surface area contributed by atoms with Crippen molar-refractivity contribution < 1.29 is 22.7 Å². The Morgan fingerprint density at radius 2 is 1.89 bits per heavy atom. The first-order valence-corrected chi connectivity index (χ1v) is 10.3. The molecule has 0 saturated carbocycles. The van der Waals surface area contributed by atoms with Crippen molar-refractivity contribution in [2.45, 2.75) is 30.7 Å². The number of nitrogens with zero attached hydrogens (tertiary/aromatic N) is 1. The maximum atomic E-state index is 12.9. The number of hydrogen-bond donors (Lipinski definition) is 1. The second-order valence-corrected chi connectivity index (χ2v) is 8.62. The van der Waals surface area contributed by atoms with Crippen molar-refractivity contribution in [3.8, 4) is 5.75 Å². The highest BCUT2D eigenvalue weighted by molar-refractivity contribution is 7.89. The SMILES string of the molecule is COc1ccc(NC(=O)[C@H]2CCC(=O)N2S(=O)(=O)c2ccc(C)cc2)cc1Cl. The second kappa shape index (κ2) is 7.81. The number of aryl methyl sites for hydroxylation is 1. The predicted molar refractivity (Wildman–Crippen MR) is 105 cm³/mol. The van der Waals surface area contributed by atoms with E-state index in [1.165, 1.54) is 25.3 Å². The molecule has 28 heavy (non-hydrogen) atoms. The monoisotopic (exact) mass is 422 g/mol. The molecule has 3 rings (SSSR count). The van der Waals surface area contributed by atoms with Crippen LogP contribution in [0.1, 0.15) is 18.4 Å². The first-order chi connectivity index (χ1) is 13.2. The van der Waals surface area contributed by atoms with Crippen LogP contribution in [0, 0.1) is 6.92 Å². The molecule has 1 heterocycles. The van der Waals surface area contributed by atoms with E-state index < -0.39 is 27.9 Å². The van der Waals surface area contributed by atoms with Gasteiger partial charge in [-0.2, -0.15) is 0 Å². The summed E-state index contributed by atoms with van der Waals surface area (Å²) in [4.78, 5) is 25.0. The molecule has 1 aliphatic rings. The number of ether oxygens (including phenoxy) is 1. The summed E-state index contributed by atoms with van der Waals surface area (Å²) in [5.74, 6) is -0.754. The number of nitrogens with one attached hydrogen (secondary N) is 1. The Bertz CT molecular complexity index is 1020. The number of benzene rings is 2. The maximum absolute atomic E-state index is 12.9. The van der Waals surface area contributed by atoms with Crippen molar-refractivity contribution in [1.29, 1.82) is 0 Å². The molecule has 0 radical (unpaired) electrons. The van der Waals surface area contributed by atoms with Crippen LogP contribution in [0.5, 0.6) is 5.75 Å². The van der Waals surface area contributed by atoms with Crippen LogP contribution in [-0.4, -0.2) is 37.7 Å². The van der Waals surface area contributed by atoms with Crippen LogP contribution < -0.4 is 10.1 Å². The van der Waals surface area contributed by atoms with Crippen LogP contribution in [0.2, 0.25) is 5.02 Å². The molecule has 1 aliphatic heterocycles. The van der Waals surface area contributed by atoms with Gasteiger partial charge in [-0.25, -0.2) is 12.7 Å². The van der Waals surface area contributed by atoms with E-state index in [1.807, 2.05) is 6.92 Å². The van der Waals surface area contributed by atoms with Crippen molar-refractivity contribution in [2.24, 2.45) is 0 Å². The minimum Gasteiger partial charge on any atom is -0.495 e. The Kier molecular flexibility index (Phi) is 5.62. The van der Waals surface area contributed by atoms with Crippen LogP contribution >= 0.6 is 11.6 Å². The summed E-state index contributed by atoms with van der Waals surface area (Å²) in [7, 11) is -2.66. The van der Waals surface area contributed by atoms with Gasteiger partial charge in [-0.3, -0.25) is 9.59 Å². The summed E-state index contributed by atoms with van der Waals surface area (Å²) in [5.41, 5.74) is 1.26. The van der Waals surface area contributed by atoms with E-state index in [4.69, 9.17) is 16.3 Å². The largest absolute Gasteiger partial charge is 0.495 e. The van der Waals surface area contributed by atoms with Crippen molar-refractivity contribution in [3.63, 3.8) is 0 Å². The highest BCUT2D eigenvalue weighted by atomic mass is 35.5. The molecule has 2 amide bonds. The number of amides is 2. The normalized spacial score (nSPS) is 16.9. The molecule has 9 heteroatoms. The fourth-order valence-electron chi connectivity index (χ4n) is 2.99. The molecule has 0 spiro atoms. The fraction of sp³-hybridized carbons (Fsp3) is 0.263. The number of carbonyl (C=O) groups is 2. The van der Waals surface area contributed by atoms with Gasteiger partial charge in [-0.05, 0) is 43.7 Å². The van der Waals surface area contributed by atoms with Gasteiger partial charge in [0.1, 0.15) is 11.8 Å². The average molecular weight is 423 g/mol. The quantitative estimate of drug-likeness (QED) is 0.799. The topological polar surface area (TPSA) is 92.8 Å². The smallest absolute Gasteiger partial charge is 0.267 e. The minimum absolute atomic E-state index is 0.0213. The van der Waals surface area contributed by atoms with E-state index in [0.717, 1.165) is 5.56 Å². The third-order valence-corrected chi connectivity index (χ3v) is 6.60. The minimum atomic E-state index is -4.13. The summed E-state index contributed by atoms with van der Waals surface area (Å²) < 4.78 is 31.6. The van der Waals surface area contributed by atoms with Gasteiger partial charge in [0.15, 0.2) is 0 Å². The lowest BCUT2D eigenvalue weighted by molar-refractivity contribution is -0.128. The molecule has 1 fully saturated rings. The number of rotatable bonds is 5. The van der Waals surface area contributed by atoms with Crippen molar-refractivity contribution in [3.05, 3.63) is 53.1 Å². The van der Waals surface area contributed by atoms with Gasteiger partial charge in [-0.1, -0.05) is 29.3 Å². The summed E-state index contributed by atoms with van der Waals surface area (Å²) in [6.45, 7) is 1.83. The Hall–Kier alpha value is -2.58. The summed E-state index contributed by atoms with van der Waals surface area (Å²) in [5, 5.41) is 2.92. The highest BCUT2D eigenvalue weighted by Crippen LogP contribution is 2.30. The molecule has 148 valence electrons. The van der Waals surface area contributed by atoms with Crippen LogP contribution in [0.3, 0.4) is 0 Å². The Morgan fingerprint density at radius 1 is 1.21 bits per heavy atom. The zero-order valence-corrected chi connectivity index (χ0v) is 16.9. The first-order valence-electron chi connectivity index (χ1n) is 8.52. The average Bonchev–Trinajstić information content (AvgIpc) is 3.05. The zero-order chi connectivity index (χ0) is 20.5. The van der Waals surface area contributed by atoms with E-state index in [-0.39, 0.29) is 17.7 Å². The lowest BCUT2D eigenvalue weighted by Gasteiger charge is -2.24. The number of halogens is 1. The summed E-state index contributed by atoms with van der Waals surface area (Å²) >= 11 is 6.05. The molecule has 0 bridgehead atoms. The van der Waals surface area contributed by atoms with Gasteiger partial charge in [0.25, 0.3) is 10.0 Å². The number of methoxy groups -OCH3 is 1. The van der Waals surface area contributed by atoms with Gasteiger partial charge in [0.05, 0.1) is 17.0 Å². The molecule has 0 aliphatic carbocycles. The van der Waals surface area contributed by atoms with Crippen molar-refractivity contribution in [1.82, 2.24) is 4.31 Å². The maximum Gasteiger partial charge on any atom is 0.267 e. The Labute approximate surface area is 168 Å². The standard InChI is InChI=1S/C19H19ClN2O5S/c1-12-3-6-14(7-4-12)28(25,26)22-16(8-10-18(22)23)19(24)21-13-5-9-17(27-2)15(20)11-13/h3-7,9,11,16H,8,10H2,1-2H3,(H,21,24)/t16-/m1/s1. The van der Waals surface area contributed by atoms with E-state index in [2.05, 4.69) is 5.32 Å². The number of anilines is 1. The van der Waals surface area contributed by atoms with Crippen LogP contribution in [0.25, 0.3) is 0 Å². The summed E-state index contributed by atoms with van der Waals surface area (Å²) in [6, 6.07) is 9.66. The predicted octanol–water partition coefficient (Wildman–Crippen LogP) is 2.98. The van der Waals surface area contributed by atoms with E-state index in [1.54, 1.807) is 24.3 Å². The highest BCUT2D eigenvalue weighted by Gasteiger charge is 2.44. The van der Waals surface area contributed by atoms with Crippen molar-refractivity contribution >= 4 is 39.1 Å². The fourth-order valence-corrected chi connectivity index (χ4v) is 4.85. The number of carbonyl (C=O) groups excluding carboxylic acids is 2. The third-order valence-electron chi connectivity index (χ3n) is 4.46. The lowest BCUT2D eigenvalue weighted by Crippen LogP contribution is -2.45. The van der Waals surface area contributed by atoms with Gasteiger partial charge < -0.3 is 10.1 Å². The molecular formula is C19H19ClN2O5S. The second-order valence-electron chi connectivity index (χ2n) is 6.40. The summed E-state index contributed by atoms with van der Waals surface area (Å²) in [6.07, 6.45) is 0.0895. The van der Waals surface area contributed by atoms with Crippen LogP contribution in [0.4, 0.5) is 5.69 Å². The van der Waals surface area contributed by atoms with Gasteiger partial charge >= 0.3 is 0 Å². The van der Waals surface area contributed by atoms with Gasteiger partial charge in [0.2, 0.25) is 11.8 Å². The molecular weight excluding hydrogens is 404 g/mol. The molecule has 7 nitrogen and oxygen atoms in total. The van der Waals surface area contributed by atoms with Gasteiger partial charge in [0, 0.05) is 12.1 Å². The molecule has 0 unspecified atom stereocenters. The van der Waals surface area contributed by atoms with Gasteiger partial charge in [-0.15, -0.1) is 0 Å². The molecule has 1 atom stereocenters. The molecule has 2 aromatic carbocycles. The van der Waals surface area contributed by atoms with Crippen LogP contribution in [-0.2, 0) is 19.6 Å².